The van der Waals surface area contributed by atoms with Crippen molar-refractivity contribution in [3.05, 3.63) is 48.2 Å². The highest BCUT2D eigenvalue weighted by atomic mass is 32.2. The smallest absolute Gasteiger partial charge is 0.234 e. The zero-order valence-corrected chi connectivity index (χ0v) is 17.8. The summed E-state index contributed by atoms with van der Waals surface area (Å²) in [5, 5.41) is 13.2. The molecule has 0 atom stereocenters. The minimum atomic E-state index is -0.0922. The van der Waals surface area contributed by atoms with Crippen LogP contribution in [-0.4, -0.2) is 37.2 Å². The van der Waals surface area contributed by atoms with Crippen LogP contribution in [-0.2, 0) is 11.3 Å². The molecule has 8 heteroatoms. The van der Waals surface area contributed by atoms with Gasteiger partial charge in [0.15, 0.2) is 11.0 Å². The molecule has 1 amide bonds. The van der Waals surface area contributed by atoms with Gasteiger partial charge in [-0.05, 0) is 37.8 Å². The molecule has 3 rings (SSSR count). The number of aromatic nitrogens is 4. The van der Waals surface area contributed by atoms with E-state index in [1.807, 2.05) is 35.8 Å². The molecule has 0 spiro atoms. The summed E-state index contributed by atoms with van der Waals surface area (Å²) in [5.41, 5.74) is 2.90. The summed E-state index contributed by atoms with van der Waals surface area (Å²) in [5.74, 6) is 1.96. The van der Waals surface area contributed by atoms with Crippen molar-refractivity contribution < 1.29 is 4.79 Å². The van der Waals surface area contributed by atoms with Crippen LogP contribution >= 0.6 is 23.5 Å². The van der Waals surface area contributed by atoms with Crippen LogP contribution in [0.15, 0.2) is 52.8 Å². The summed E-state index contributed by atoms with van der Waals surface area (Å²) < 4.78 is 2.03. The third-order valence-electron chi connectivity index (χ3n) is 3.95. The summed E-state index contributed by atoms with van der Waals surface area (Å²) in [6.45, 7) is 6.92. The number of anilines is 1. The zero-order chi connectivity index (χ0) is 19.9. The largest absolute Gasteiger partial charge is 0.324 e. The standard InChI is InChI=1S/C20H23N5OS2/c1-4-25-19(15-8-6-7-14(3)11-15)23-24-20(25)28-13-17(26)22-16-9-10-18(21-12-16)27-5-2/h6-12H,4-5,13H2,1-3H3,(H,22,26). The number of benzene rings is 1. The Kier molecular flexibility index (Phi) is 7.11. The second-order valence-corrected chi connectivity index (χ2v) is 8.30. The molecule has 0 saturated heterocycles. The first-order valence-electron chi connectivity index (χ1n) is 9.12. The molecule has 0 aliphatic carbocycles. The molecule has 3 aromatic rings. The lowest BCUT2D eigenvalue weighted by molar-refractivity contribution is -0.113. The maximum Gasteiger partial charge on any atom is 0.234 e. The van der Waals surface area contributed by atoms with E-state index in [0.717, 1.165) is 33.9 Å². The SMILES string of the molecule is CCSc1ccc(NC(=O)CSc2nnc(-c3cccc(C)c3)n2CC)cn1. The number of nitrogens with one attached hydrogen (secondary N) is 1. The predicted molar refractivity (Wildman–Crippen MR) is 116 cm³/mol. The fourth-order valence-electron chi connectivity index (χ4n) is 2.69. The molecule has 1 N–H and O–H groups in total. The highest BCUT2D eigenvalue weighted by Gasteiger charge is 2.15. The van der Waals surface area contributed by atoms with Gasteiger partial charge in [-0.25, -0.2) is 4.98 Å². The Morgan fingerprint density at radius 3 is 2.68 bits per heavy atom. The quantitative estimate of drug-likeness (QED) is 0.548. The van der Waals surface area contributed by atoms with E-state index in [0.29, 0.717) is 5.69 Å². The third kappa shape index (κ3) is 5.14. The van der Waals surface area contributed by atoms with E-state index < -0.39 is 0 Å². The van der Waals surface area contributed by atoms with Gasteiger partial charge < -0.3 is 9.88 Å². The molecule has 0 unspecified atom stereocenters. The maximum atomic E-state index is 12.3. The van der Waals surface area contributed by atoms with Gasteiger partial charge in [0, 0.05) is 12.1 Å². The second-order valence-electron chi connectivity index (χ2n) is 6.07. The van der Waals surface area contributed by atoms with Crippen LogP contribution in [0.4, 0.5) is 5.69 Å². The highest BCUT2D eigenvalue weighted by Crippen LogP contribution is 2.25. The summed E-state index contributed by atoms with van der Waals surface area (Å²) in [6.07, 6.45) is 1.69. The van der Waals surface area contributed by atoms with Crippen molar-refractivity contribution in [1.82, 2.24) is 19.7 Å². The van der Waals surface area contributed by atoms with Crippen LogP contribution in [0.3, 0.4) is 0 Å². The molecule has 0 aliphatic heterocycles. The van der Waals surface area contributed by atoms with Crippen LogP contribution in [0.2, 0.25) is 0 Å². The lowest BCUT2D eigenvalue weighted by atomic mass is 10.1. The Morgan fingerprint density at radius 2 is 2.00 bits per heavy atom. The molecular weight excluding hydrogens is 390 g/mol. The van der Waals surface area contributed by atoms with E-state index in [1.54, 1.807) is 18.0 Å². The number of hydrogen-bond acceptors (Lipinski definition) is 6. The first-order chi connectivity index (χ1) is 13.6. The van der Waals surface area contributed by atoms with Crippen LogP contribution in [0.1, 0.15) is 19.4 Å². The number of rotatable bonds is 8. The van der Waals surface area contributed by atoms with Crippen LogP contribution in [0.5, 0.6) is 0 Å². The lowest BCUT2D eigenvalue weighted by Gasteiger charge is -2.08. The summed E-state index contributed by atoms with van der Waals surface area (Å²) in [4.78, 5) is 16.6. The van der Waals surface area contributed by atoms with E-state index in [2.05, 4.69) is 46.5 Å². The van der Waals surface area contributed by atoms with Gasteiger partial charge in [0.05, 0.1) is 22.7 Å². The molecule has 0 aliphatic rings. The molecule has 0 saturated carbocycles. The number of pyridine rings is 1. The van der Waals surface area contributed by atoms with Gasteiger partial charge >= 0.3 is 0 Å². The molecule has 6 nitrogen and oxygen atoms in total. The van der Waals surface area contributed by atoms with E-state index in [-0.39, 0.29) is 11.7 Å². The number of carbonyl (C=O) groups excluding carboxylic acids is 1. The molecule has 0 radical (unpaired) electrons. The predicted octanol–water partition coefficient (Wildman–Crippen LogP) is 4.51. The molecule has 2 heterocycles. The number of hydrogen-bond donors (Lipinski definition) is 1. The Labute approximate surface area is 173 Å². The lowest BCUT2D eigenvalue weighted by Crippen LogP contribution is -2.14. The average molecular weight is 414 g/mol. The van der Waals surface area contributed by atoms with Gasteiger partial charge in [-0.3, -0.25) is 4.79 Å². The molecular formula is C20H23N5OS2. The van der Waals surface area contributed by atoms with Gasteiger partial charge in [0.2, 0.25) is 5.91 Å². The van der Waals surface area contributed by atoms with Crippen molar-refractivity contribution >= 4 is 35.1 Å². The summed E-state index contributed by atoms with van der Waals surface area (Å²) in [6, 6.07) is 12.0. The minimum Gasteiger partial charge on any atom is -0.324 e. The van der Waals surface area contributed by atoms with Crippen LogP contribution in [0.25, 0.3) is 11.4 Å². The van der Waals surface area contributed by atoms with Crippen molar-refractivity contribution in [1.29, 1.82) is 0 Å². The van der Waals surface area contributed by atoms with Crippen molar-refractivity contribution in [3.8, 4) is 11.4 Å². The van der Waals surface area contributed by atoms with E-state index in [9.17, 15) is 4.79 Å². The molecule has 28 heavy (non-hydrogen) atoms. The fourth-order valence-corrected chi connectivity index (χ4v) is 4.08. The minimum absolute atomic E-state index is 0.0922. The number of amides is 1. The van der Waals surface area contributed by atoms with Crippen molar-refractivity contribution in [2.75, 3.05) is 16.8 Å². The Hall–Kier alpha value is -2.32. The van der Waals surface area contributed by atoms with E-state index >= 15 is 0 Å². The van der Waals surface area contributed by atoms with Gasteiger partial charge in [-0.1, -0.05) is 42.4 Å². The van der Waals surface area contributed by atoms with Gasteiger partial charge in [0.1, 0.15) is 0 Å². The maximum absolute atomic E-state index is 12.3. The first-order valence-corrected chi connectivity index (χ1v) is 11.1. The van der Waals surface area contributed by atoms with E-state index in [1.165, 1.54) is 17.3 Å². The van der Waals surface area contributed by atoms with E-state index in [4.69, 9.17) is 0 Å². The van der Waals surface area contributed by atoms with Gasteiger partial charge in [-0.15, -0.1) is 22.0 Å². The number of aryl methyl sites for hydroxylation is 1. The normalized spacial score (nSPS) is 10.8. The summed E-state index contributed by atoms with van der Waals surface area (Å²) in [7, 11) is 0. The highest BCUT2D eigenvalue weighted by molar-refractivity contribution is 7.99. The second kappa shape index (κ2) is 9.75. The number of nitrogens with zero attached hydrogens (tertiary/aromatic N) is 4. The first kappa shape index (κ1) is 20.4. The third-order valence-corrected chi connectivity index (χ3v) is 5.75. The van der Waals surface area contributed by atoms with Crippen molar-refractivity contribution in [2.24, 2.45) is 0 Å². The van der Waals surface area contributed by atoms with Gasteiger partial charge in [0.25, 0.3) is 0 Å². The number of carbonyl (C=O) groups is 1. The molecule has 1 aromatic carbocycles. The topological polar surface area (TPSA) is 72.7 Å². The Balaban J connectivity index is 1.63. The molecule has 0 fully saturated rings. The Bertz CT molecular complexity index is 940. The number of thioether (sulfide) groups is 2. The van der Waals surface area contributed by atoms with Gasteiger partial charge in [-0.2, -0.15) is 0 Å². The van der Waals surface area contributed by atoms with Crippen molar-refractivity contribution in [3.63, 3.8) is 0 Å². The average Bonchev–Trinajstić information content (AvgIpc) is 3.11. The van der Waals surface area contributed by atoms with Crippen molar-refractivity contribution in [2.45, 2.75) is 37.5 Å². The van der Waals surface area contributed by atoms with Crippen LogP contribution in [0, 0.1) is 6.92 Å². The molecule has 0 bridgehead atoms. The molecule has 2 aromatic heterocycles. The zero-order valence-electron chi connectivity index (χ0n) is 16.2. The monoisotopic (exact) mass is 413 g/mol. The Morgan fingerprint density at radius 1 is 1.14 bits per heavy atom. The van der Waals surface area contributed by atoms with Crippen LogP contribution < -0.4 is 5.32 Å². The fraction of sp³-hybridized carbons (Fsp3) is 0.300. The molecule has 146 valence electrons. The summed E-state index contributed by atoms with van der Waals surface area (Å²) >= 11 is 3.05.